The Morgan fingerprint density at radius 1 is 0.946 bits per heavy atom. The van der Waals surface area contributed by atoms with Crippen LogP contribution in [0.4, 0.5) is 10.8 Å². The quantitative estimate of drug-likeness (QED) is 0.470. The van der Waals surface area contributed by atoms with Crippen LogP contribution in [0.15, 0.2) is 60.0 Å². The number of carbonyl (C=O) groups excluding carboxylic acids is 2. The van der Waals surface area contributed by atoms with Crippen LogP contribution >= 0.6 is 22.9 Å². The van der Waals surface area contributed by atoms with Crippen LogP contribution in [-0.4, -0.2) is 77.3 Å². The van der Waals surface area contributed by atoms with Crippen LogP contribution < -0.4 is 5.32 Å². The molecule has 0 saturated carbocycles. The van der Waals surface area contributed by atoms with Gasteiger partial charge in [-0.1, -0.05) is 48.0 Å². The lowest BCUT2D eigenvalue weighted by atomic mass is 9.90. The van der Waals surface area contributed by atoms with E-state index in [1.165, 1.54) is 16.9 Å². The molecule has 9 heteroatoms. The average Bonchev–Trinajstić information content (AvgIpc) is 3.38. The molecule has 5 rings (SSSR count). The van der Waals surface area contributed by atoms with E-state index in [9.17, 15) is 9.59 Å². The minimum Gasteiger partial charge on any atom is -0.342 e. The van der Waals surface area contributed by atoms with Crippen LogP contribution in [0.1, 0.15) is 28.9 Å². The molecule has 2 aliphatic rings. The predicted molar refractivity (Wildman–Crippen MR) is 149 cm³/mol. The number of rotatable bonds is 7. The molecule has 0 aliphatic carbocycles. The highest BCUT2D eigenvalue weighted by atomic mass is 35.5. The molecule has 2 fully saturated rings. The van der Waals surface area contributed by atoms with E-state index in [-0.39, 0.29) is 11.8 Å². The summed E-state index contributed by atoms with van der Waals surface area (Å²) >= 11 is 7.44. The van der Waals surface area contributed by atoms with E-state index in [1.807, 2.05) is 34.1 Å². The molecule has 0 unspecified atom stereocenters. The Bertz CT molecular complexity index is 1200. The molecular weight excluding hydrogens is 506 g/mol. The Hall–Kier alpha value is -2.94. The van der Waals surface area contributed by atoms with Crippen LogP contribution in [0.5, 0.6) is 0 Å². The monoisotopic (exact) mass is 537 g/mol. The summed E-state index contributed by atoms with van der Waals surface area (Å²) in [4.78, 5) is 36.4. The van der Waals surface area contributed by atoms with Crippen LogP contribution in [0, 0.1) is 5.92 Å². The maximum Gasteiger partial charge on any atom is 0.273 e. The Labute approximate surface area is 227 Å². The number of piperidine rings is 1. The third kappa shape index (κ3) is 6.89. The van der Waals surface area contributed by atoms with Crippen molar-refractivity contribution in [3.63, 3.8) is 0 Å². The molecular formula is C28H32ClN5O2S. The number of likely N-dealkylation sites (tertiary alicyclic amines) is 1. The van der Waals surface area contributed by atoms with E-state index >= 15 is 0 Å². The fourth-order valence-corrected chi connectivity index (χ4v) is 5.91. The van der Waals surface area contributed by atoms with Gasteiger partial charge in [0.2, 0.25) is 5.91 Å². The van der Waals surface area contributed by atoms with Crippen molar-refractivity contribution in [1.29, 1.82) is 0 Å². The summed E-state index contributed by atoms with van der Waals surface area (Å²) in [5, 5.41) is 6.28. The number of benzene rings is 2. The molecule has 1 aromatic heterocycles. The van der Waals surface area contributed by atoms with Gasteiger partial charge in [0.25, 0.3) is 5.91 Å². The summed E-state index contributed by atoms with van der Waals surface area (Å²) in [6.07, 6.45) is 3.21. The van der Waals surface area contributed by atoms with Crippen molar-refractivity contribution in [1.82, 2.24) is 19.7 Å². The van der Waals surface area contributed by atoms with Gasteiger partial charge >= 0.3 is 0 Å². The Morgan fingerprint density at radius 3 is 2.43 bits per heavy atom. The molecule has 3 aromatic rings. The van der Waals surface area contributed by atoms with E-state index in [0.29, 0.717) is 54.5 Å². The maximum absolute atomic E-state index is 13.0. The number of nitrogens with one attached hydrogen (secondary N) is 1. The number of carbonyl (C=O) groups is 2. The summed E-state index contributed by atoms with van der Waals surface area (Å²) in [7, 11) is 0. The maximum atomic E-state index is 13.0. The summed E-state index contributed by atoms with van der Waals surface area (Å²) in [5.74, 6) is 0.781. The van der Waals surface area contributed by atoms with Gasteiger partial charge in [-0.15, -0.1) is 11.3 Å². The highest BCUT2D eigenvalue weighted by molar-refractivity contribution is 7.14. The summed E-state index contributed by atoms with van der Waals surface area (Å²) in [6, 6.07) is 18.0. The third-order valence-electron chi connectivity index (χ3n) is 7.15. The van der Waals surface area contributed by atoms with Gasteiger partial charge in [-0.05, 0) is 48.9 Å². The minimum atomic E-state index is -0.0677. The Morgan fingerprint density at radius 2 is 1.70 bits per heavy atom. The highest BCUT2D eigenvalue weighted by Gasteiger charge is 2.28. The topological polar surface area (TPSA) is 68.8 Å². The number of nitrogens with zero attached hydrogens (tertiary/aromatic N) is 4. The van der Waals surface area contributed by atoms with Crippen LogP contribution in [-0.2, 0) is 11.2 Å². The molecule has 3 heterocycles. The first-order valence-electron chi connectivity index (χ1n) is 12.8. The second-order valence-corrected chi connectivity index (χ2v) is 11.1. The van der Waals surface area contributed by atoms with Gasteiger partial charge in [-0.3, -0.25) is 14.5 Å². The van der Waals surface area contributed by atoms with Gasteiger partial charge in [0.1, 0.15) is 5.69 Å². The number of thiazole rings is 1. The Kier molecular flexibility index (Phi) is 8.38. The predicted octanol–water partition coefficient (Wildman–Crippen LogP) is 4.78. The number of aromatic nitrogens is 1. The number of hydrogen-bond donors (Lipinski definition) is 1. The zero-order valence-corrected chi connectivity index (χ0v) is 22.4. The van der Waals surface area contributed by atoms with Crippen molar-refractivity contribution in [2.24, 2.45) is 5.92 Å². The average molecular weight is 538 g/mol. The van der Waals surface area contributed by atoms with E-state index in [4.69, 9.17) is 11.6 Å². The molecule has 2 aliphatic heterocycles. The fourth-order valence-electron chi connectivity index (χ4n) is 5.02. The van der Waals surface area contributed by atoms with Crippen molar-refractivity contribution in [2.75, 3.05) is 51.1 Å². The van der Waals surface area contributed by atoms with Crippen LogP contribution in [0.2, 0.25) is 5.02 Å². The highest BCUT2D eigenvalue weighted by Crippen LogP contribution is 2.24. The van der Waals surface area contributed by atoms with Gasteiger partial charge in [0.05, 0.1) is 6.54 Å². The van der Waals surface area contributed by atoms with E-state index < -0.39 is 0 Å². The number of hydrogen-bond acceptors (Lipinski definition) is 6. The van der Waals surface area contributed by atoms with Gasteiger partial charge in [-0.2, -0.15) is 0 Å². The lowest BCUT2D eigenvalue weighted by Gasteiger charge is -2.37. The van der Waals surface area contributed by atoms with Crippen molar-refractivity contribution in [2.45, 2.75) is 19.3 Å². The standard InChI is InChI=1S/C28H32ClN5O2S/c29-23-7-4-8-24(18-23)30-28-31-25(20-37-28)27(36)34-15-13-32(14-16-34)19-26(35)33-11-9-22(10-12-33)17-21-5-2-1-3-6-21/h1-8,18,20,22H,9-17,19H2,(H,30,31). The smallest absolute Gasteiger partial charge is 0.273 e. The summed E-state index contributed by atoms with van der Waals surface area (Å²) in [6.45, 7) is 4.68. The molecule has 2 saturated heterocycles. The van der Waals surface area contributed by atoms with Crippen molar-refractivity contribution in [3.05, 3.63) is 76.3 Å². The fraction of sp³-hybridized carbons (Fsp3) is 0.393. The summed E-state index contributed by atoms with van der Waals surface area (Å²) < 4.78 is 0. The first-order valence-corrected chi connectivity index (χ1v) is 14.1. The number of halogens is 1. The number of anilines is 2. The van der Waals surface area contributed by atoms with Crippen LogP contribution in [0.3, 0.4) is 0 Å². The first kappa shape index (κ1) is 25.7. The minimum absolute atomic E-state index is 0.0677. The summed E-state index contributed by atoms with van der Waals surface area (Å²) in [5.41, 5.74) is 2.66. The lowest BCUT2D eigenvalue weighted by Crippen LogP contribution is -2.52. The second kappa shape index (κ2) is 12.1. The third-order valence-corrected chi connectivity index (χ3v) is 8.14. The van der Waals surface area contributed by atoms with Crippen molar-refractivity contribution >= 4 is 45.6 Å². The largest absolute Gasteiger partial charge is 0.342 e. The van der Waals surface area contributed by atoms with E-state index in [0.717, 1.165) is 38.0 Å². The van der Waals surface area contributed by atoms with Gasteiger partial charge in [0, 0.05) is 55.4 Å². The molecule has 2 amide bonds. The van der Waals surface area contributed by atoms with Gasteiger partial charge < -0.3 is 15.1 Å². The molecule has 194 valence electrons. The van der Waals surface area contributed by atoms with E-state index in [2.05, 4.69) is 45.5 Å². The second-order valence-electron chi connectivity index (χ2n) is 9.76. The zero-order chi connectivity index (χ0) is 25.6. The van der Waals surface area contributed by atoms with Gasteiger partial charge in [-0.25, -0.2) is 4.98 Å². The molecule has 2 aromatic carbocycles. The van der Waals surface area contributed by atoms with E-state index in [1.54, 1.807) is 5.38 Å². The van der Waals surface area contributed by atoms with Gasteiger partial charge in [0.15, 0.2) is 5.13 Å². The molecule has 0 atom stereocenters. The zero-order valence-electron chi connectivity index (χ0n) is 20.8. The van der Waals surface area contributed by atoms with Crippen molar-refractivity contribution < 1.29 is 9.59 Å². The number of amides is 2. The SMILES string of the molecule is O=C(CN1CCN(C(=O)c2csc(Nc3cccc(Cl)c3)n2)CC1)N1CCC(Cc2ccccc2)CC1. The molecule has 0 radical (unpaired) electrons. The molecule has 7 nitrogen and oxygen atoms in total. The molecule has 0 bridgehead atoms. The lowest BCUT2D eigenvalue weighted by molar-refractivity contribution is -0.134. The van der Waals surface area contributed by atoms with Crippen LogP contribution in [0.25, 0.3) is 0 Å². The molecule has 37 heavy (non-hydrogen) atoms. The molecule has 0 spiro atoms. The Balaban J connectivity index is 1.04. The number of piperazine rings is 1. The molecule has 1 N–H and O–H groups in total. The van der Waals surface area contributed by atoms with Crippen molar-refractivity contribution in [3.8, 4) is 0 Å². The first-order chi connectivity index (χ1) is 18.0. The normalized spacial score (nSPS) is 17.1.